The molecule has 6 aliphatic rings. The van der Waals surface area contributed by atoms with Crippen LogP contribution < -0.4 is 42.7 Å². The number of nitrogens with zero attached hydrogens (tertiary/aromatic N) is 7. The lowest BCUT2D eigenvalue weighted by Gasteiger charge is -2.42. The monoisotopic (exact) mass is 1450 g/mol. The van der Waals surface area contributed by atoms with E-state index in [1.165, 1.54) is 128 Å². The number of aromatic hydroxyl groups is 5. The SMILES string of the molecule is NCc1cc(=O)c(O)co1.O=C1/C(=C/c2ccc(N3CC[C@H]4CCCC[C@@H]4C3)cc2)SC(=S)N1Cc1cc(=O)c(O)co1.O=C1CSC(=S)N1Cc1cc(=O)c(O)co1.O=Cc1ccc(N2CC[C@H]3CCCC[C@@H]3C2)cc1.O=c1cc(CCl)occ1O.[N-]=[N+]=NCc1cc(=O)c(O)co1. The second-order valence-corrected chi connectivity index (χ2v) is 26.9. The Hall–Kier alpha value is -9.42. The average molecular weight is 1450 g/mol. The third kappa shape index (κ3) is 21.8. The number of halogens is 1. The first-order valence-corrected chi connectivity index (χ1v) is 34.5. The smallest absolute Gasteiger partial charge is 0.266 e. The molecule has 2 amide bonds. The van der Waals surface area contributed by atoms with Gasteiger partial charge in [-0.3, -0.25) is 48.2 Å². The molecule has 522 valence electrons. The summed E-state index contributed by atoms with van der Waals surface area (Å²) in [6.45, 7) is 4.96. The number of alkyl halides is 1. The summed E-state index contributed by atoms with van der Waals surface area (Å²) in [5, 5.41) is 47.7. The third-order valence-corrected chi connectivity index (χ3v) is 19.9. The van der Waals surface area contributed by atoms with Crippen molar-refractivity contribution in [3.63, 3.8) is 0 Å². The van der Waals surface area contributed by atoms with E-state index >= 15 is 0 Å². The van der Waals surface area contributed by atoms with Crippen LogP contribution >= 0.6 is 59.6 Å². The van der Waals surface area contributed by atoms with Crippen molar-refractivity contribution < 1.29 is 62.0 Å². The maximum Gasteiger partial charge on any atom is 0.266 e. The normalized spacial score (nSPS) is 18.8. The molecule has 0 bridgehead atoms. The molecule has 6 fully saturated rings. The Labute approximate surface area is 589 Å². The lowest BCUT2D eigenvalue weighted by molar-refractivity contribution is -0.124. The first-order chi connectivity index (χ1) is 47.6. The fourth-order valence-electron chi connectivity index (χ4n) is 11.6. The van der Waals surface area contributed by atoms with Crippen molar-refractivity contribution in [3.05, 3.63) is 217 Å². The van der Waals surface area contributed by atoms with E-state index in [0.29, 0.717) is 36.6 Å². The summed E-state index contributed by atoms with van der Waals surface area (Å²) in [6.07, 6.45) is 21.4. The van der Waals surface area contributed by atoms with Crippen LogP contribution in [-0.2, 0) is 41.6 Å². The van der Waals surface area contributed by atoms with E-state index in [9.17, 15) is 43.5 Å². The highest BCUT2D eigenvalue weighted by Gasteiger charge is 2.35. The average Bonchev–Trinajstić information content (AvgIpc) is 1.81. The first kappa shape index (κ1) is 75.4. The summed E-state index contributed by atoms with van der Waals surface area (Å²) in [7, 11) is 0. The van der Waals surface area contributed by atoms with Crippen molar-refractivity contribution in [2.24, 2.45) is 34.5 Å². The number of carbonyl (C=O) groups excluding carboxylic acids is 3. The number of nitrogens with two attached hydrogens (primary N) is 1. The molecule has 4 atom stereocenters. The standard InChI is InChI=1S/C25H26N2O4S2.C16H21NO.C9H7NO4S2.C6H5ClO3.C6H5N3O3.C6H7NO3/c28-21-12-20(31-15-22(21)29)14-27-24(30)23(33-25(27)32)11-16-5-7-19(8-6-16)26-10-9-17-3-1-2-4-18(17)13-26;18-12-13-5-7-16(8-6-13)17-10-9-14-3-1-2-4-15(14)11-17;11-6-1-5(14-3-7(6)12)2-10-8(13)4-16-9(10)15;7-2-4-1-5(8)6(9)3-10-4;7-9-8-2-4-1-5(10)6(11)3-12-4;7-2-4-1-5(8)6(9)3-10-4/h5-8,11-12,15,17-18,29H,1-4,9-10,13-14H2;5-8,12,14-15H,1-4,9-11H2;1,3,12H,2,4H2;1,3,9H,2H2;1,3,11H,2H2;1,3,9H,2,7H2/b23-11-;;;;;/t17-,18-;14-,15-;;;;/m11..../s1. The summed E-state index contributed by atoms with van der Waals surface area (Å²) in [5.74, 6) is 3.08. The van der Waals surface area contributed by atoms with Gasteiger partial charge in [-0.25, -0.2) is 0 Å². The molecule has 26 nitrogen and oxygen atoms in total. The van der Waals surface area contributed by atoms with E-state index in [0.717, 1.165) is 110 Å². The van der Waals surface area contributed by atoms with Crippen LogP contribution in [0.25, 0.3) is 16.5 Å². The lowest BCUT2D eigenvalue weighted by Crippen LogP contribution is -2.41. The summed E-state index contributed by atoms with van der Waals surface area (Å²) in [5.41, 5.74) is 14.8. The fraction of sp³-hybridized carbons (Fsp3) is 0.353. The van der Waals surface area contributed by atoms with Gasteiger partial charge in [0.1, 0.15) is 75.0 Å². The zero-order valence-electron chi connectivity index (χ0n) is 53.3. The van der Waals surface area contributed by atoms with Gasteiger partial charge in [-0.15, -0.1) is 11.6 Å². The van der Waals surface area contributed by atoms with Crippen LogP contribution in [0, 0.1) is 23.7 Å². The van der Waals surface area contributed by atoms with Gasteiger partial charge in [0.25, 0.3) is 5.91 Å². The summed E-state index contributed by atoms with van der Waals surface area (Å²) in [6, 6.07) is 22.1. The molecule has 13 rings (SSSR count). The molecule has 4 aliphatic heterocycles. The number of fused-ring (bicyclic) bond motifs is 2. The first-order valence-electron chi connectivity index (χ1n) is 31.3. The number of hydrogen-bond acceptors (Lipinski definition) is 26. The minimum absolute atomic E-state index is 0.0357. The Morgan fingerprint density at radius 3 is 1.38 bits per heavy atom. The number of azide groups is 1. The Morgan fingerprint density at radius 1 is 0.556 bits per heavy atom. The number of benzene rings is 2. The molecule has 7 N–H and O–H groups in total. The van der Waals surface area contributed by atoms with Crippen LogP contribution in [0.5, 0.6) is 28.7 Å². The molecule has 5 aromatic heterocycles. The van der Waals surface area contributed by atoms with E-state index in [-0.39, 0.29) is 55.4 Å². The Bertz CT molecular complexity index is 4310. The topological polar surface area (TPSA) is 391 Å². The molecular formula is C68H71ClN8O18S4. The highest BCUT2D eigenvalue weighted by Crippen LogP contribution is 2.40. The molecule has 0 radical (unpaired) electrons. The summed E-state index contributed by atoms with van der Waals surface area (Å²) < 4.78 is 25.2. The third-order valence-electron chi connectivity index (χ3n) is 16.8. The number of carbonyl (C=O) groups is 3. The van der Waals surface area contributed by atoms with Gasteiger partial charge in [-0.2, -0.15) is 0 Å². The summed E-state index contributed by atoms with van der Waals surface area (Å²) >= 11 is 18.2. The Balaban J connectivity index is 0.000000162. The second-order valence-electron chi connectivity index (χ2n) is 23.4. The van der Waals surface area contributed by atoms with E-state index in [4.69, 9.17) is 89.8 Å². The van der Waals surface area contributed by atoms with Crippen LogP contribution in [0.4, 0.5) is 11.4 Å². The predicted octanol–water partition coefficient (Wildman–Crippen LogP) is 11.0. The predicted molar refractivity (Wildman–Crippen MR) is 381 cm³/mol. The van der Waals surface area contributed by atoms with Crippen LogP contribution in [0.2, 0.25) is 0 Å². The maximum atomic E-state index is 12.9. The second kappa shape index (κ2) is 37.0. The molecule has 0 unspecified atom stereocenters. The van der Waals surface area contributed by atoms with Crippen molar-refractivity contribution in [3.8, 4) is 28.7 Å². The number of amides is 2. The van der Waals surface area contributed by atoms with Gasteiger partial charge < -0.3 is 63.2 Å². The van der Waals surface area contributed by atoms with Gasteiger partial charge in [0.2, 0.25) is 33.1 Å². The van der Waals surface area contributed by atoms with Gasteiger partial charge in [0, 0.05) is 78.4 Å². The molecule has 31 heteroatoms. The van der Waals surface area contributed by atoms with Gasteiger partial charge in [0.05, 0.1) is 42.7 Å². The number of piperidine rings is 2. The van der Waals surface area contributed by atoms with E-state index in [1.807, 2.05) is 30.3 Å². The van der Waals surface area contributed by atoms with Gasteiger partial charge >= 0.3 is 0 Å². The zero-order chi connectivity index (χ0) is 71.1. The number of thioether (sulfide) groups is 2. The van der Waals surface area contributed by atoms with Gasteiger partial charge in [-0.05, 0) is 103 Å². The summed E-state index contributed by atoms with van der Waals surface area (Å²) in [4.78, 5) is 101. The van der Waals surface area contributed by atoms with Crippen molar-refractivity contribution in [2.45, 2.75) is 96.3 Å². The molecule has 2 aliphatic carbocycles. The number of hydrogen-bond donors (Lipinski definition) is 6. The fourth-order valence-corrected chi connectivity index (χ4v) is 14.1. The van der Waals surface area contributed by atoms with Crippen LogP contribution in [0.3, 0.4) is 0 Å². The molecule has 7 aromatic rings. The lowest BCUT2D eigenvalue weighted by atomic mass is 9.75. The maximum absolute atomic E-state index is 12.9. The van der Waals surface area contributed by atoms with E-state index in [1.54, 1.807) is 0 Å². The molecule has 4 saturated heterocycles. The van der Waals surface area contributed by atoms with Gasteiger partial charge in [-0.1, -0.05) is 104 Å². The number of anilines is 2. The zero-order valence-corrected chi connectivity index (χ0v) is 57.3. The Morgan fingerprint density at radius 2 is 0.960 bits per heavy atom. The van der Waals surface area contributed by atoms with E-state index < -0.39 is 55.9 Å². The van der Waals surface area contributed by atoms with Crippen molar-refractivity contribution in [1.29, 1.82) is 0 Å². The minimum Gasteiger partial charge on any atom is -0.502 e. The molecular weight excluding hydrogens is 1380 g/mol. The molecule has 9 heterocycles. The minimum atomic E-state index is -0.551. The van der Waals surface area contributed by atoms with Crippen molar-refractivity contribution in [1.82, 2.24) is 9.80 Å². The number of rotatable bonds is 12. The van der Waals surface area contributed by atoms with E-state index in [2.05, 4.69) is 44.1 Å². The molecule has 2 aromatic carbocycles. The molecule has 99 heavy (non-hydrogen) atoms. The van der Waals surface area contributed by atoms with Crippen molar-refractivity contribution >= 4 is 104 Å². The van der Waals surface area contributed by atoms with Gasteiger partial charge in [0.15, 0.2) is 28.7 Å². The molecule has 0 spiro atoms. The Kier molecular flexibility index (Phi) is 28.1. The van der Waals surface area contributed by atoms with Crippen molar-refractivity contribution in [2.75, 3.05) is 41.7 Å². The molecule has 2 saturated carbocycles. The highest BCUT2D eigenvalue weighted by molar-refractivity contribution is 8.26. The largest absolute Gasteiger partial charge is 0.502 e. The number of aldehydes is 1. The van der Waals surface area contributed by atoms with Crippen LogP contribution in [0.15, 0.2) is 166 Å². The quantitative estimate of drug-likeness (QED) is 0.0126. The number of thiocarbonyl (C=S) groups is 2. The van der Waals surface area contributed by atoms with Crippen LogP contribution in [-0.4, -0.2) is 94.0 Å². The van der Waals surface area contributed by atoms with Crippen LogP contribution in [0.1, 0.15) is 109 Å². The highest BCUT2D eigenvalue weighted by atomic mass is 35.5.